The number of carboxylic acids is 1. The topological polar surface area (TPSA) is 97.6 Å². The van der Waals surface area contributed by atoms with Crippen LogP contribution in [0.2, 0.25) is 0 Å². The lowest BCUT2D eigenvalue weighted by Crippen LogP contribution is -2.40. The number of nitrogens with one attached hydrogen (secondary N) is 1. The number of hydrogen-bond acceptors (Lipinski definition) is 4. The number of aryl methyl sites for hydroxylation is 2. The smallest absolute Gasteiger partial charge is 0.416 e. The van der Waals surface area contributed by atoms with E-state index in [-0.39, 0.29) is 28.7 Å². The number of pyridine rings is 1. The Morgan fingerprint density at radius 1 is 0.977 bits per heavy atom. The molecule has 0 radical (unpaired) electrons. The minimum Gasteiger partial charge on any atom is -0.481 e. The van der Waals surface area contributed by atoms with Crippen molar-refractivity contribution in [1.29, 1.82) is 0 Å². The highest BCUT2D eigenvalue weighted by Gasteiger charge is 2.35. The minimum atomic E-state index is -4.87. The minimum absolute atomic E-state index is 0.0291. The molecular weight excluding hydrogens is 575 g/mol. The van der Waals surface area contributed by atoms with Crippen LogP contribution in [0.1, 0.15) is 46.3 Å². The van der Waals surface area contributed by atoms with Gasteiger partial charge in [-0.15, -0.1) is 0 Å². The fraction of sp³-hybridized carbons (Fsp3) is 0.194. The van der Waals surface area contributed by atoms with Crippen LogP contribution in [0.25, 0.3) is 11.1 Å². The van der Waals surface area contributed by atoms with E-state index >= 15 is 8.78 Å². The molecule has 4 aromatic rings. The molecule has 5 rings (SSSR count). The van der Waals surface area contributed by atoms with Crippen molar-refractivity contribution in [3.05, 3.63) is 117 Å². The number of alkyl halides is 3. The molecular formula is C31H23F5N2O5. The monoisotopic (exact) mass is 598 g/mol. The van der Waals surface area contributed by atoms with Crippen LogP contribution in [0, 0.1) is 25.5 Å². The van der Waals surface area contributed by atoms with Gasteiger partial charge in [0.15, 0.2) is 0 Å². The number of halogens is 5. The number of carbonyl (C=O) groups is 2. The van der Waals surface area contributed by atoms with E-state index in [4.69, 9.17) is 4.74 Å². The number of rotatable bonds is 3. The van der Waals surface area contributed by atoms with Gasteiger partial charge in [-0.05, 0) is 73.0 Å². The lowest BCUT2D eigenvalue weighted by Gasteiger charge is -2.25. The van der Waals surface area contributed by atoms with E-state index in [0.717, 1.165) is 12.1 Å². The summed E-state index contributed by atoms with van der Waals surface area (Å²) in [5.74, 6) is -4.09. The van der Waals surface area contributed by atoms with Crippen molar-refractivity contribution in [2.45, 2.75) is 38.5 Å². The number of nitrogens with zero attached hydrogens (tertiary/aromatic N) is 1. The molecule has 1 aromatic heterocycles. The first-order valence-electron chi connectivity index (χ1n) is 12.9. The van der Waals surface area contributed by atoms with Gasteiger partial charge in [0, 0.05) is 29.0 Å². The van der Waals surface area contributed by atoms with E-state index in [9.17, 15) is 32.7 Å². The lowest BCUT2D eigenvalue weighted by atomic mass is 9.92. The molecule has 12 heteroatoms. The molecule has 43 heavy (non-hydrogen) atoms. The van der Waals surface area contributed by atoms with Crippen molar-refractivity contribution >= 4 is 11.9 Å². The van der Waals surface area contributed by atoms with Gasteiger partial charge in [-0.3, -0.25) is 19.0 Å². The Kier molecular flexibility index (Phi) is 7.55. The largest absolute Gasteiger partial charge is 0.481 e. The maximum atomic E-state index is 15.6. The van der Waals surface area contributed by atoms with Gasteiger partial charge in [0.1, 0.15) is 29.2 Å². The predicted octanol–water partition coefficient (Wildman–Crippen LogP) is 6.46. The summed E-state index contributed by atoms with van der Waals surface area (Å²) >= 11 is 0. The molecule has 0 spiro atoms. The number of amides is 1. The summed E-state index contributed by atoms with van der Waals surface area (Å²) in [6.07, 6.45) is -4.99. The molecule has 2 N–H and O–H groups in total. The lowest BCUT2D eigenvalue weighted by molar-refractivity contribution is -0.138. The van der Waals surface area contributed by atoms with Crippen LogP contribution in [0.4, 0.5) is 22.0 Å². The first kappa shape index (κ1) is 29.5. The van der Waals surface area contributed by atoms with Gasteiger partial charge in [-0.1, -0.05) is 12.1 Å². The number of aromatic nitrogens is 1. The Balaban J connectivity index is 1.81. The molecule has 3 aromatic carbocycles. The van der Waals surface area contributed by atoms with Crippen molar-refractivity contribution in [3.8, 4) is 22.6 Å². The first-order chi connectivity index (χ1) is 20.2. The molecule has 0 saturated carbocycles. The molecule has 0 saturated heterocycles. The van der Waals surface area contributed by atoms with Gasteiger partial charge in [0.05, 0.1) is 18.0 Å². The second-order valence-electron chi connectivity index (χ2n) is 10.2. The normalized spacial score (nSPS) is 16.6. The van der Waals surface area contributed by atoms with Gasteiger partial charge in [-0.2, -0.15) is 13.2 Å². The van der Waals surface area contributed by atoms with Crippen LogP contribution in [0.15, 0.2) is 71.7 Å². The van der Waals surface area contributed by atoms with E-state index < -0.39 is 64.9 Å². The third-order valence-corrected chi connectivity index (χ3v) is 7.17. The van der Waals surface area contributed by atoms with Crippen molar-refractivity contribution in [1.82, 2.24) is 9.88 Å². The molecule has 0 aliphatic carbocycles. The standard InChI is InChI=1S/C31H23F5N2O5/c1-15-4-3-5-24-27(15)17-10-16(2)28(33)21(11-17)23(14-26(40)41)37-30(42)29(20-13-19(43-24)6-7-22(20)32)38-9-8-18(12-25(38)39)31(34,35)36/h3-13,23,29H,14H2,1-2H3,(H,37,42)(H,40,41)/t23-,29-/m0/s1. The van der Waals surface area contributed by atoms with Gasteiger partial charge < -0.3 is 15.2 Å². The van der Waals surface area contributed by atoms with Gasteiger partial charge in [-0.25, -0.2) is 8.78 Å². The number of ether oxygens (including phenoxy) is 1. The number of aliphatic carboxylic acids is 1. The van der Waals surface area contributed by atoms with E-state index in [1.165, 1.54) is 25.1 Å². The molecule has 1 aliphatic rings. The molecule has 222 valence electrons. The molecule has 1 aliphatic heterocycles. The highest BCUT2D eigenvalue weighted by atomic mass is 19.4. The molecule has 2 atom stereocenters. The van der Waals surface area contributed by atoms with E-state index in [2.05, 4.69) is 5.32 Å². The average molecular weight is 599 g/mol. The molecule has 1 amide bonds. The summed E-state index contributed by atoms with van der Waals surface area (Å²) in [5.41, 5.74) is -1.43. The summed E-state index contributed by atoms with van der Waals surface area (Å²) in [4.78, 5) is 38.7. The fourth-order valence-electron chi connectivity index (χ4n) is 5.17. The number of hydrogen-bond donors (Lipinski definition) is 2. The molecule has 0 unspecified atom stereocenters. The van der Waals surface area contributed by atoms with Gasteiger partial charge in [0.2, 0.25) is 5.91 Å². The van der Waals surface area contributed by atoms with Crippen molar-refractivity contribution in [2.75, 3.05) is 0 Å². The summed E-state index contributed by atoms with van der Waals surface area (Å²) < 4.78 is 77.6. The Hall–Kier alpha value is -5.00. The Morgan fingerprint density at radius 2 is 1.72 bits per heavy atom. The Labute approximate surface area is 241 Å². The third-order valence-electron chi connectivity index (χ3n) is 7.17. The first-order valence-corrected chi connectivity index (χ1v) is 12.9. The van der Waals surface area contributed by atoms with E-state index in [1.54, 1.807) is 25.1 Å². The van der Waals surface area contributed by atoms with Crippen LogP contribution in [-0.2, 0) is 15.8 Å². The van der Waals surface area contributed by atoms with Crippen molar-refractivity contribution in [2.24, 2.45) is 0 Å². The maximum absolute atomic E-state index is 15.6. The average Bonchev–Trinajstić information content (AvgIpc) is 2.92. The summed E-state index contributed by atoms with van der Waals surface area (Å²) in [5, 5.41) is 12.1. The number of fused-ring (bicyclic) bond motifs is 6. The zero-order chi connectivity index (χ0) is 31.2. The van der Waals surface area contributed by atoms with Crippen LogP contribution >= 0.6 is 0 Å². The van der Waals surface area contributed by atoms with Crippen molar-refractivity contribution in [3.63, 3.8) is 0 Å². The zero-order valence-corrected chi connectivity index (χ0v) is 22.6. The number of carbonyl (C=O) groups excluding carboxylic acids is 1. The Bertz CT molecular complexity index is 1830. The van der Waals surface area contributed by atoms with Crippen LogP contribution in [0.5, 0.6) is 11.5 Å². The Morgan fingerprint density at radius 3 is 2.40 bits per heavy atom. The second kappa shape index (κ2) is 11.0. The van der Waals surface area contributed by atoms with Gasteiger partial charge in [0.25, 0.3) is 5.56 Å². The highest BCUT2D eigenvalue weighted by Crippen LogP contribution is 2.40. The predicted molar refractivity (Wildman–Crippen MR) is 145 cm³/mol. The zero-order valence-electron chi connectivity index (χ0n) is 22.6. The van der Waals surface area contributed by atoms with E-state index in [1.807, 2.05) is 0 Å². The fourth-order valence-corrected chi connectivity index (χ4v) is 5.17. The van der Waals surface area contributed by atoms with Crippen LogP contribution in [0.3, 0.4) is 0 Å². The molecule has 2 heterocycles. The van der Waals surface area contributed by atoms with Crippen LogP contribution in [-0.4, -0.2) is 21.6 Å². The van der Waals surface area contributed by atoms with Crippen LogP contribution < -0.4 is 15.6 Å². The summed E-state index contributed by atoms with van der Waals surface area (Å²) in [6.45, 7) is 3.24. The summed E-state index contributed by atoms with van der Waals surface area (Å²) in [6, 6.07) is 8.71. The molecule has 0 fully saturated rings. The maximum Gasteiger partial charge on any atom is 0.416 e. The van der Waals surface area contributed by atoms with E-state index in [0.29, 0.717) is 33.5 Å². The summed E-state index contributed by atoms with van der Waals surface area (Å²) in [7, 11) is 0. The molecule has 7 nitrogen and oxygen atoms in total. The molecule has 4 bridgehead atoms. The van der Waals surface area contributed by atoms with Crippen molar-refractivity contribution < 1.29 is 41.4 Å². The highest BCUT2D eigenvalue weighted by molar-refractivity contribution is 5.85. The quantitative estimate of drug-likeness (QED) is 0.264. The number of benzene rings is 3. The SMILES string of the molecule is Cc1cc2cc(c1F)[C@H](CC(=O)O)NC(=O)[C@@H](n1ccc(C(F)(F)F)cc1=O)c1cc(ccc1F)Oc1cccc(C)c1-2. The second-order valence-corrected chi connectivity index (χ2v) is 10.2. The van der Waals surface area contributed by atoms with Gasteiger partial charge >= 0.3 is 12.1 Å². The third kappa shape index (κ3) is 5.72. The number of carboxylic acid groups (broad SMARTS) is 1.